The minimum Gasteiger partial charge on any atom is -0.288 e. The van der Waals surface area contributed by atoms with E-state index in [4.69, 9.17) is 11.6 Å². The maximum absolute atomic E-state index is 12.4. The van der Waals surface area contributed by atoms with Gasteiger partial charge in [0, 0.05) is 29.6 Å². The molecule has 3 nitrogen and oxygen atoms in total. The van der Waals surface area contributed by atoms with Crippen LogP contribution in [0, 0.1) is 0 Å². The first-order chi connectivity index (χ1) is 9.22. The predicted molar refractivity (Wildman–Crippen MR) is 74.0 cm³/mol. The van der Waals surface area contributed by atoms with Gasteiger partial charge in [0.2, 0.25) is 5.78 Å². The Morgan fingerprint density at radius 2 is 1.79 bits per heavy atom. The van der Waals surface area contributed by atoms with Crippen LogP contribution in [0.5, 0.6) is 0 Å². The lowest BCUT2D eigenvalue weighted by Crippen LogP contribution is -2.20. The quantitative estimate of drug-likeness (QED) is 0.737. The fourth-order valence-electron chi connectivity index (χ4n) is 2.25. The van der Waals surface area contributed by atoms with Gasteiger partial charge in [0.1, 0.15) is 5.70 Å². The molecule has 0 fully saturated rings. The monoisotopic (exact) mass is 271 g/mol. The van der Waals surface area contributed by atoms with Gasteiger partial charge in [0.25, 0.3) is 0 Å². The fourth-order valence-corrected chi connectivity index (χ4v) is 2.44. The minimum absolute atomic E-state index is 0.160. The number of allylic oxidation sites excluding steroid dienone is 4. The van der Waals surface area contributed by atoms with Crippen LogP contribution in [0.1, 0.15) is 27.1 Å². The number of ketones is 2. The van der Waals surface area contributed by atoms with Crippen molar-refractivity contribution in [3.8, 4) is 0 Å². The maximum Gasteiger partial charge on any atom is 0.212 e. The van der Waals surface area contributed by atoms with E-state index in [1.807, 2.05) is 0 Å². The number of Topliss-reactive ketones (excluding diaryl/α,β-unsaturated/α-hetero) is 2. The number of carbonyl (C=O) groups is 2. The Labute approximate surface area is 115 Å². The summed E-state index contributed by atoms with van der Waals surface area (Å²) in [5, 5.41) is 0. The van der Waals surface area contributed by atoms with E-state index in [-0.39, 0.29) is 17.3 Å². The first-order valence-corrected chi connectivity index (χ1v) is 6.46. The van der Waals surface area contributed by atoms with Crippen molar-refractivity contribution in [3.63, 3.8) is 0 Å². The zero-order valence-corrected chi connectivity index (χ0v) is 10.8. The van der Waals surface area contributed by atoms with Crippen molar-refractivity contribution in [1.29, 1.82) is 0 Å². The second-order valence-electron chi connectivity index (χ2n) is 4.42. The molecule has 0 spiro atoms. The van der Waals surface area contributed by atoms with E-state index < -0.39 is 0 Å². The highest BCUT2D eigenvalue weighted by atomic mass is 35.5. The van der Waals surface area contributed by atoms with Crippen LogP contribution in [-0.2, 0) is 0 Å². The van der Waals surface area contributed by atoms with Crippen molar-refractivity contribution in [2.75, 3.05) is 5.88 Å². The van der Waals surface area contributed by atoms with Crippen LogP contribution in [0.25, 0.3) is 0 Å². The van der Waals surface area contributed by atoms with Gasteiger partial charge in [0.05, 0.1) is 5.57 Å². The first kappa shape index (κ1) is 12.1. The third kappa shape index (κ3) is 1.87. The van der Waals surface area contributed by atoms with Gasteiger partial charge in [-0.3, -0.25) is 14.6 Å². The summed E-state index contributed by atoms with van der Waals surface area (Å²) in [6, 6.07) is 6.83. The molecule has 0 aromatic heterocycles. The number of rotatable bonds is 1. The molecule has 0 unspecified atom stereocenters. The number of aliphatic imine (C=N–C) groups is 1. The molecule has 0 amide bonds. The normalized spacial score (nSPS) is 17.8. The van der Waals surface area contributed by atoms with Crippen molar-refractivity contribution in [1.82, 2.24) is 0 Å². The molecule has 3 rings (SSSR count). The van der Waals surface area contributed by atoms with Crippen LogP contribution in [-0.4, -0.2) is 23.7 Å². The van der Waals surface area contributed by atoms with Crippen molar-refractivity contribution in [2.24, 2.45) is 4.99 Å². The van der Waals surface area contributed by atoms with E-state index in [2.05, 4.69) is 4.99 Å². The Bertz CT molecular complexity index is 683. The number of alkyl halides is 1. The second kappa shape index (κ2) is 4.59. The largest absolute Gasteiger partial charge is 0.288 e. The third-order valence-corrected chi connectivity index (χ3v) is 3.57. The van der Waals surface area contributed by atoms with Gasteiger partial charge in [-0.2, -0.15) is 0 Å². The highest BCUT2D eigenvalue weighted by Gasteiger charge is 2.31. The molecule has 19 heavy (non-hydrogen) atoms. The summed E-state index contributed by atoms with van der Waals surface area (Å²) in [6.45, 7) is 0. The Morgan fingerprint density at radius 3 is 2.47 bits per heavy atom. The molecule has 4 heteroatoms. The van der Waals surface area contributed by atoms with E-state index in [9.17, 15) is 9.59 Å². The van der Waals surface area contributed by atoms with E-state index in [0.29, 0.717) is 29.0 Å². The van der Waals surface area contributed by atoms with E-state index in [1.165, 1.54) is 0 Å². The number of nitrogens with zero attached hydrogens (tertiary/aromatic N) is 1. The lowest BCUT2D eigenvalue weighted by atomic mass is 9.87. The molecular weight excluding hydrogens is 262 g/mol. The van der Waals surface area contributed by atoms with E-state index >= 15 is 0 Å². The summed E-state index contributed by atoms with van der Waals surface area (Å²) >= 11 is 5.82. The molecule has 0 radical (unpaired) electrons. The second-order valence-corrected chi connectivity index (χ2v) is 4.69. The van der Waals surface area contributed by atoms with Crippen LogP contribution in [0.15, 0.2) is 52.2 Å². The van der Waals surface area contributed by atoms with Crippen LogP contribution < -0.4 is 0 Å². The number of hydrogen-bond acceptors (Lipinski definition) is 3. The predicted octanol–water partition coefficient (Wildman–Crippen LogP) is 2.96. The molecule has 1 aliphatic carbocycles. The number of benzene rings is 1. The van der Waals surface area contributed by atoms with Gasteiger partial charge < -0.3 is 0 Å². The van der Waals surface area contributed by atoms with Crippen molar-refractivity contribution in [2.45, 2.75) is 6.42 Å². The number of hydrogen-bond donors (Lipinski definition) is 0. The summed E-state index contributed by atoms with van der Waals surface area (Å²) in [5.74, 6) is -0.0354. The molecule has 94 valence electrons. The van der Waals surface area contributed by atoms with E-state index in [1.54, 1.807) is 36.6 Å². The third-order valence-electron chi connectivity index (χ3n) is 3.23. The highest BCUT2D eigenvalue weighted by Crippen LogP contribution is 2.30. The molecule has 0 saturated heterocycles. The standard InChI is InChI=1S/C15H10ClNO2/c16-8-9-5-6-17-13-12(7-9)14(18)10-3-1-2-4-11(10)15(13)19/h1-4,6-7H,5,8H2. The SMILES string of the molecule is O=C1C2=C(N=CCC(CCl)=C2)C(=O)c2ccccc21. The summed E-state index contributed by atoms with van der Waals surface area (Å²) in [7, 11) is 0. The van der Waals surface area contributed by atoms with Crippen LogP contribution >= 0.6 is 11.6 Å². The molecule has 0 bridgehead atoms. The summed E-state index contributed by atoms with van der Waals surface area (Å²) in [5.41, 5.74) is 2.33. The smallest absolute Gasteiger partial charge is 0.212 e. The zero-order chi connectivity index (χ0) is 13.4. The maximum atomic E-state index is 12.4. The van der Waals surface area contributed by atoms with Gasteiger partial charge in [-0.05, 0) is 11.6 Å². The van der Waals surface area contributed by atoms with Crippen LogP contribution in [0.2, 0.25) is 0 Å². The first-order valence-electron chi connectivity index (χ1n) is 5.93. The molecule has 1 aliphatic heterocycles. The Hall–Kier alpha value is -2.00. The number of halogens is 1. The zero-order valence-electron chi connectivity index (χ0n) is 10.0. The van der Waals surface area contributed by atoms with Crippen molar-refractivity contribution in [3.05, 3.63) is 58.3 Å². The Kier molecular flexibility index (Phi) is 2.91. The molecule has 0 N–H and O–H groups in total. The molecular formula is C15H10ClNO2. The topological polar surface area (TPSA) is 46.5 Å². The molecule has 0 atom stereocenters. The summed E-state index contributed by atoms with van der Waals surface area (Å²) in [4.78, 5) is 28.9. The molecule has 1 aromatic carbocycles. The van der Waals surface area contributed by atoms with Crippen LogP contribution in [0.4, 0.5) is 0 Å². The van der Waals surface area contributed by atoms with Crippen molar-refractivity contribution < 1.29 is 9.59 Å². The van der Waals surface area contributed by atoms with Gasteiger partial charge in [0.15, 0.2) is 5.78 Å². The van der Waals surface area contributed by atoms with Crippen molar-refractivity contribution >= 4 is 29.4 Å². The fraction of sp³-hybridized carbons (Fsp3) is 0.133. The lowest BCUT2D eigenvalue weighted by Gasteiger charge is -2.16. The summed E-state index contributed by atoms with van der Waals surface area (Å²) in [6.07, 6.45) is 3.90. The Morgan fingerprint density at radius 1 is 1.11 bits per heavy atom. The van der Waals surface area contributed by atoms with Gasteiger partial charge in [-0.1, -0.05) is 24.3 Å². The van der Waals surface area contributed by atoms with Gasteiger partial charge in [-0.15, -0.1) is 11.6 Å². The molecule has 1 heterocycles. The van der Waals surface area contributed by atoms with Gasteiger partial charge in [-0.25, -0.2) is 0 Å². The number of carbonyl (C=O) groups excluding carboxylic acids is 2. The summed E-state index contributed by atoms with van der Waals surface area (Å²) < 4.78 is 0. The van der Waals surface area contributed by atoms with Gasteiger partial charge >= 0.3 is 0 Å². The average molecular weight is 272 g/mol. The van der Waals surface area contributed by atoms with Crippen LogP contribution in [0.3, 0.4) is 0 Å². The number of fused-ring (bicyclic) bond motifs is 1. The highest BCUT2D eigenvalue weighted by molar-refractivity contribution is 6.28. The molecule has 1 aromatic rings. The Balaban J connectivity index is 2.24. The molecule has 0 saturated carbocycles. The lowest BCUT2D eigenvalue weighted by molar-refractivity contribution is 0.0977. The average Bonchev–Trinajstić information content (AvgIpc) is 2.67. The molecule has 2 aliphatic rings. The van der Waals surface area contributed by atoms with E-state index in [0.717, 1.165) is 5.57 Å². The minimum atomic E-state index is -0.200.